The maximum absolute atomic E-state index is 13.6. The van der Waals surface area contributed by atoms with E-state index in [9.17, 15) is 4.39 Å². The van der Waals surface area contributed by atoms with E-state index in [1.165, 1.54) is 17.4 Å². The summed E-state index contributed by atoms with van der Waals surface area (Å²) in [7, 11) is 0. The first kappa shape index (κ1) is 13.0. The monoisotopic (exact) mass is 333 g/mol. The second kappa shape index (κ2) is 5.48. The van der Waals surface area contributed by atoms with Gasteiger partial charge in [0.1, 0.15) is 5.82 Å². The van der Waals surface area contributed by atoms with Crippen molar-refractivity contribution in [1.29, 1.82) is 0 Å². The minimum Gasteiger partial charge on any atom is -0.323 e. The fourth-order valence-corrected chi connectivity index (χ4v) is 3.04. The van der Waals surface area contributed by atoms with Crippen LogP contribution in [0.5, 0.6) is 0 Å². The quantitative estimate of drug-likeness (QED) is 0.876. The van der Waals surface area contributed by atoms with Gasteiger partial charge in [-0.05, 0) is 42.3 Å². The van der Waals surface area contributed by atoms with Gasteiger partial charge in [-0.15, -0.1) is 11.3 Å². The molecule has 2 aromatic rings. The molecule has 0 saturated carbocycles. The molecule has 0 bridgehead atoms. The van der Waals surface area contributed by atoms with Crippen LogP contribution in [0.25, 0.3) is 0 Å². The van der Waals surface area contributed by atoms with Gasteiger partial charge in [0.2, 0.25) is 0 Å². The van der Waals surface area contributed by atoms with Crippen molar-refractivity contribution in [1.82, 2.24) is 0 Å². The Morgan fingerprint density at radius 3 is 2.76 bits per heavy atom. The van der Waals surface area contributed by atoms with E-state index in [4.69, 9.17) is 17.3 Å². The number of benzene rings is 1. The van der Waals surface area contributed by atoms with E-state index in [1.54, 1.807) is 18.2 Å². The van der Waals surface area contributed by atoms with Crippen LogP contribution in [0, 0.1) is 5.82 Å². The standard InChI is InChI=1S/C12H10BrClFNS/c13-8-1-2-9(15)7(5-8)6-10(16)11-3-4-12(14)17-11/h1-5,10H,6,16H2. The molecule has 0 saturated heterocycles. The summed E-state index contributed by atoms with van der Waals surface area (Å²) in [5.74, 6) is -0.230. The molecule has 90 valence electrons. The van der Waals surface area contributed by atoms with Crippen molar-refractivity contribution in [2.24, 2.45) is 5.73 Å². The molecule has 1 unspecified atom stereocenters. The topological polar surface area (TPSA) is 26.0 Å². The average molecular weight is 335 g/mol. The highest BCUT2D eigenvalue weighted by molar-refractivity contribution is 9.10. The predicted molar refractivity (Wildman–Crippen MR) is 74.1 cm³/mol. The molecule has 1 nitrogen and oxygen atoms in total. The van der Waals surface area contributed by atoms with E-state index in [1.807, 2.05) is 6.07 Å². The van der Waals surface area contributed by atoms with Crippen LogP contribution in [0.15, 0.2) is 34.8 Å². The summed E-state index contributed by atoms with van der Waals surface area (Å²) >= 11 is 10.6. The van der Waals surface area contributed by atoms with E-state index >= 15 is 0 Å². The largest absolute Gasteiger partial charge is 0.323 e. The lowest BCUT2D eigenvalue weighted by molar-refractivity contribution is 0.594. The highest BCUT2D eigenvalue weighted by Gasteiger charge is 2.12. The molecule has 1 heterocycles. The molecule has 1 aromatic carbocycles. The summed E-state index contributed by atoms with van der Waals surface area (Å²) < 4.78 is 15.1. The number of hydrogen-bond donors (Lipinski definition) is 1. The van der Waals surface area contributed by atoms with Crippen LogP contribution in [0.1, 0.15) is 16.5 Å². The molecule has 1 aromatic heterocycles. The fourth-order valence-electron chi connectivity index (χ4n) is 1.56. The number of halogens is 3. The first-order valence-corrected chi connectivity index (χ1v) is 7.00. The maximum Gasteiger partial charge on any atom is 0.126 e. The van der Waals surface area contributed by atoms with Gasteiger partial charge in [-0.3, -0.25) is 0 Å². The third-order valence-corrected chi connectivity index (χ3v) is 4.26. The Bertz CT molecular complexity index is 529. The SMILES string of the molecule is NC(Cc1cc(Br)ccc1F)c1ccc(Cl)s1. The normalized spacial score (nSPS) is 12.7. The van der Waals surface area contributed by atoms with Crippen molar-refractivity contribution in [2.75, 3.05) is 0 Å². The molecular weight excluding hydrogens is 325 g/mol. The Morgan fingerprint density at radius 1 is 1.35 bits per heavy atom. The van der Waals surface area contributed by atoms with Crippen LogP contribution in [0.2, 0.25) is 4.34 Å². The van der Waals surface area contributed by atoms with Crippen molar-refractivity contribution >= 4 is 38.9 Å². The predicted octanol–water partition coefficient (Wildman–Crippen LogP) is 4.55. The van der Waals surface area contributed by atoms with Crippen LogP contribution >= 0.6 is 38.9 Å². The highest BCUT2D eigenvalue weighted by Crippen LogP contribution is 2.28. The van der Waals surface area contributed by atoms with Crippen molar-refractivity contribution < 1.29 is 4.39 Å². The highest BCUT2D eigenvalue weighted by atomic mass is 79.9. The lowest BCUT2D eigenvalue weighted by Gasteiger charge is -2.10. The van der Waals surface area contributed by atoms with Crippen LogP contribution < -0.4 is 5.73 Å². The van der Waals surface area contributed by atoms with E-state index in [2.05, 4.69) is 15.9 Å². The zero-order chi connectivity index (χ0) is 12.4. The molecule has 0 aliphatic carbocycles. The zero-order valence-corrected chi connectivity index (χ0v) is 11.9. The van der Waals surface area contributed by atoms with E-state index in [0.29, 0.717) is 16.3 Å². The second-order valence-corrected chi connectivity index (χ2v) is 6.35. The number of thiophene rings is 1. The maximum atomic E-state index is 13.6. The molecule has 2 N–H and O–H groups in total. The summed E-state index contributed by atoms with van der Waals surface area (Å²) in [5.41, 5.74) is 6.64. The van der Waals surface area contributed by atoms with Gasteiger partial charge in [-0.2, -0.15) is 0 Å². The first-order chi connectivity index (χ1) is 8.06. The van der Waals surface area contributed by atoms with Crippen molar-refractivity contribution in [3.8, 4) is 0 Å². The third-order valence-electron chi connectivity index (χ3n) is 2.41. The fraction of sp³-hybridized carbons (Fsp3) is 0.167. The van der Waals surface area contributed by atoms with E-state index in [-0.39, 0.29) is 11.9 Å². The average Bonchev–Trinajstić information content (AvgIpc) is 2.70. The molecule has 0 radical (unpaired) electrons. The Hall–Kier alpha value is -0.420. The Morgan fingerprint density at radius 2 is 2.12 bits per heavy atom. The van der Waals surface area contributed by atoms with Gasteiger partial charge in [0.15, 0.2) is 0 Å². The molecule has 17 heavy (non-hydrogen) atoms. The molecule has 0 aliphatic heterocycles. The van der Waals surface area contributed by atoms with Crippen molar-refractivity contribution in [2.45, 2.75) is 12.5 Å². The van der Waals surface area contributed by atoms with Gasteiger partial charge < -0.3 is 5.73 Å². The van der Waals surface area contributed by atoms with Crippen LogP contribution in [-0.4, -0.2) is 0 Å². The lowest BCUT2D eigenvalue weighted by Crippen LogP contribution is -2.12. The molecule has 0 amide bonds. The van der Waals surface area contributed by atoms with Crippen LogP contribution in [-0.2, 0) is 6.42 Å². The summed E-state index contributed by atoms with van der Waals surface area (Å²) in [4.78, 5) is 0.967. The Labute approximate surface area is 117 Å². The molecule has 5 heteroatoms. The summed E-state index contributed by atoms with van der Waals surface area (Å²) in [6, 6.07) is 8.33. The van der Waals surface area contributed by atoms with E-state index in [0.717, 1.165) is 9.35 Å². The number of nitrogens with two attached hydrogens (primary N) is 1. The molecular formula is C12H10BrClFNS. The first-order valence-electron chi connectivity index (χ1n) is 5.01. The molecule has 2 rings (SSSR count). The van der Waals surface area contributed by atoms with E-state index < -0.39 is 0 Å². The van der Waals surface area contributed by atoms with Gasteiger partial charge in [-0.25, -0.2) is 4.39 Å². The van der Waals surface area contributed by atoms with Crippen LogP contribution in [0.3, 0.4) is 0 Å². The summed E-state index contributed by atoms with van der Waals surface area (Å²) in [5, 5.41) is 0. The smallest absolute Gasteiger partial charge is 0.126 e. The Balaban J connectivity index is 2.18. The molecule has 0 aliphatic rings. The number of rotatable bonds is 3. The molecule has 0 spiro atoms. The molecule has 1 atom stereocenters. The van der Waals surface area contributed by atoms with Crippen molar-refractivity contribution in [3.63, 3.8) is 0 Å². The Kier molecular flexibility index (Phi) is 4.20. The van der Waals surface area contributed by atoms with Gasteiger partial charge in [0.25, 0.3) is 0 Å². The molecule has 0 fully saturated rings. The van der Waals surface area contributed by atoms with Gasteiger partial charge in [0, 0.05) is 15.4 Å². The zero-order valence-electron chi connectivity index (χ0n) is 8.79. The van der Waals surface area contributed by atoms with Crippen molar-refractivity contribution in [3.05, 3.63) is 55.4 Å². The van der Waals surface area contributed by atoms with Gasteiger partial charge in [0.05, 0.1) is 4.34 Å². The second-order valence-electron chi connectivity index (χ2n) is 3.69. The lowest BCUT2D eigenvalue weighted by atomic mass is 10.1. The number of hydrogen-bond acceptors (Lipinski definition) is 2. The van der Waals surface area contributed by atoms with Gasteiger partial charge in [-0.1, -0.05) is 27.5 Å². The summed E-state index contributed by atoms with van der Waals surface area (Å²) in [6.45, 7) is 0. The third kappa shape index (κ3) is 3.28. The van der Waals surface area contributed by atoms with Crippen LogP contribution in [0.4, 0.5) is 4.39 Å². The summed E-state index contributed by atoms with van der Waals surface area (Å²) in [6.07, 6.45) is 0.460. The van der Waals surface area contributed by atoms with Gasteiger partial charge >= 0.3 is 0 Å². The minimum atomic E-state index is -0.230. The minimum absolute atomic E-state index is 0.226.